The first kappa shape index (κ1) is 13.5. The topological polar surface area (TPSA) is 29.5 Å². The molecule has 0 N–H and O–H groups in total. The van der Waals surface area contributed by atoms with Crippen LogP contribution in [0.25, 0.3) is 0 Å². The van der Waals surface area contributed by atoms with Crippen molar-refractivity contribution in [2.24, 2.45) is 0 Å². The van der Waals surface area contributed by atoms with Crippen molar-refractivity contribution in [1.29, 1.82) is 0 Å². The molecule has 2 rings (SSSR count). The summed E-state index contributed by atoms with van der Waals surface area (Å²) in [6, 6.07) is 7.43. The van der Waals surface area contributed by atoms with Crippen molar-refractivity contribution in [2.45, 2.75) is 19.4 Å². The zero-order valence-electron chi connectivity index (χ0n) is 10.6. The highest BCUT2D eigenvalue weighted by Crippen LogP contribution is 2.14. The number of ether oxygens (including phenoxy) is 1. The Morgan fingerprint density at radius 3 is 2.83 bits per heavy atom. The SMILES string of the molecule is CCC1COCCN1CC(=O)c1ccc(Cl)cc1. The lowest BCUT2D eigenvalue weighted by molar-refractivity contribution is -0.00585. The van der Waals surface area contributed by atoms with E-state index in [1.165, 1.54) is 0 Å². The largest absolute Gasteiger partial charge is 0.378 e. The molecule has 1 aromatic rings. The number of ketones is 1. The van der Waals surface area contributed by atoms with Gasteiger partial charge >= 0.3 is 0 Å². The number of Topliss-reactive ketones (excluding diaryl/α,β-unsaturated/α-hetero) is 1. The van der Waals surface area contributed by atoms with Gasteiger partial charge in [-0.25, -0.2) is 0 Å². The Morgan fingerprint density at radius 1 is 1.44 bits per heavy atom. The van der Waals surface area contributed by atoms with Crippen LogP contribution in [0.15, 0.2) is 24.3 Å². The van der Waals surface area contributed by atoms with E-state index in [1.807, 2.05) is 0 Å². The van der Waals surface area contributed by atoms with Crippen LogP contribution in [0.5, 0.6) is 0 Å². The first-order chi connectivity index (χ1) is 8.70. The number of nitrogens with zero attached hydrogens (tertiary/aromatic N) is 1. The number of morpholine rings is 1. The van der Waals surface area contributed by atoms with E-state index in [2.05, 4.69) is 11.8 Å². The smallest absolute Gasteiger partial charge is 0.176 e. The number of halogens is 1. The summed E-state index contributed by atoms with van der Waals surface area (Å²) in [6.45, 7) is 4.86. The molecule has 0 aliphatic carbocycles. The highest BCUT2D eigenvalue weighted by Gasteiger charge is 2.23. The highest BCUT2D eigenvalue weighted by molar-refractivity contribution is 6.30. The van der Waals surface area contributed by atoms with Gasteiger partial charge in [0.1, 0.15) is 0 Å². The Morgan fingerprint density at radius 2 is 2.17 bits per heavy atom. The zero-order valence-corrected chi connectivity index (χ0v) is 11.3. The van der Waals surface area contributed by atoms with E-state index in [1.54, 1.807) is 24.3 Å². The van der Waals surface area contributed by atoms with Gasteiger partial charge in [-0.1, -0.05) is 18.5 Å². The quantitative estimate of drug-likeness (QED) is 0.786. The minimum absolute atomic E-state index is 0.145. The van der Waals surface area contributed by atoms with Crippen LogP contribution in [-0.4, -0.2) is 43.0 Å². The van der Waals surface area contributed by atoms with Gasteiger partial charge in [0.15, 0.2) is 5.78 Å². The Hall–Kier alpha value is -0.900. The maximum absolute atomic E-state index is 12.2. The van der Waals surface area contributed by atoms with Gasteiger partial charge in [-0.05, 0) is 30.7 Å². The van der Waals surface area contributed by atoms with Gasteiger partial charge in [-0.3, -0.25) is 9.69 Å². The third-order valence-electron chi connectivity index (χ3n) is 3.33. The third kappa shape index (κ3) is 3.31. The molecule has 0 aromatic heterocycles. The van der Waals surface area contributed by atoms with Gasteiger partial charge < -0.3 is 4.74 Å². The van der Waals surface area contributed by atoms with Crippen molar-refractivity contribution in [2.75, 3.05) is 26.3 Å². The monoisotopic (exact) mass is 267 g/mol. The van der Waals surface area contributed by atoms with Crippen LogP contribution in [0.1, 0.15) is 23.7 Å². The molecule has 1 aromatic carbocycles. The van der Waals surface area contributed by atoms with Gasteiger partial charge in [0.25, 0.3) is 0 Å². The minimum atomic E-state index is 0.145. The number of carbonyl (C=O) groups is 1. The predicted octanol–water partition coefficient (Wildman–Crippen LogP) is 2.63. The summed E-state index contributed by atoms with van der Waals surface area (Å²) in [6.07, 6.45) is 1.01. The summed E-state index contributed by atoms with van der Waals surface area (Å²) < 4.78 is 5.44. The van der Waals surface area contributed by atoms with Crippen molar-refractivity contribution in [3.8, 4) is 0 Å². The Balaban J connectivity index is 1.99. The normalized spacial score (nSPS) is 20.9. The van der Waals surface area contributed by atoms with Crippen molar-refractivity contribution in [1.82, 2.24) is 4.90 Å². The molecule has 1 aliphatic heterocycles. The molecule has 1 saturated heterocycles. The fourth-order valence-electron chi connectivity index (χ4n) is 2.18. The molecule has 0 bridgehead atoms. The standard InChI is InChI=1S/C14H18ClNO2/c1-2-13-10-18-8-7-16(13)9-14(17)11-3-5-12(15)6-4-11/h3-6,13H,2,7-10H2,1H3. The minimum Gasteiger partial charge on any atom is -0.378 e. The second kappa shape index (κ2) is 6.32. The van der Waals surface area contributed by atoms with Gasteiger partial charge in [0.05, 0.1) is 19.8 Å². The van der Waals surface area contributed by atoms with E-state index < -0.39 is 0 Å². The second-order valence-corrected chi connectivity index (χ2v) is 4.97. The number of rotatable bonds is 4. The van der Waals surface area contributed by atoms with E-state index >= 15 is 0 Å². The van der Waals surface area contributed by atoms with Crippen LogP contribution in [0.2, 0.25) is 5.02 Å². The number of hydrogen-bond acceptors (Lipinski definition) is 3. The van der Waals surface area contributed by atoms with E-state index in [-0.39, 0.29) is 5.78 Å². The lowest BCUT2D eigenvalue weighted by Gasteiger charge is -2.34. The molecule has 1 unspecified atom stereocenters. The summed E-state index contributed by atoms with van der Waals surface area (Å²) in [4.78, 5) is 14.4. The molecule has 98 valence electrons. The van der Waals surface area contributed by atoms with Crippen LogP contribution >= 0.6 is 11.6 Å². The Labute approximate surface area is 113 Å². The first-order valence-corrected chi connectivity index (χ1v) is 6.69. The fourth-order valence-corrected chi connectivity index (χ4v) is 2.31. The zero-order chi connectivity index (χ0) is 13.0. The van der Waals surface area contributed by atoms with Crippen LogP contribution in [0.3, 0.4) is 0 Å². The summed E-state index contributed by atoms with van der Waals surface area (Å²) in [5, 5.41) is 0.657. The van der Waals surface area contributed by atoms with Gasteiger partial charge in [-0.15, -0.1) is 0 Å². The van der Waals surface area contributed by atoms with Gasteiger partial charge in [0.2, 0.25) is 0 Å². The first-order valence-electron chi connectivity index (χ1n) is 6.31. The number of benzene rings is 1. The average molecular weight is 268 g/mol. The second-order valence-electron chi connectivity index (χ2n) is 4.54. The third-order valence-corrected chi connectivity index (χ3v) is 3.59. The molecule has 0 radical (unpaired) electrons. The molecule has 3 nitrogen and oxygen atoms in total. The lowest BCUT2D eigenvalue weighted by Crippen LogP contribution is -2.47. The summed E-state index contributed by atoms with van der Waals surface area (Å²) >= 11 is 5.82. The molecular formula is C14H18ClNO2. The van der Waals surface area contributed by atoms with E-state index in [4.69, 9.17) is 16.3 Å². The van der Waals surface area contributed by atoms with E-state index in [0.717, 1.165) is 25.1 Å². The van der Waals surface area contributed by atoms with Gasteiger partial charge in [-0.2, -0.15) is 0 Å². The molecule has 4 heteroatoms. The molecule has 1 atom stereocenters. The van der Waals surface area contributed by atoms with Crippen LogP contribution in [0.4, 0.5) is 0 Å². The van der Waals surface area contributed by atoms with Gasteiger partial charge in [0, 0.05) is 23.2 Å². The predicted molar refractivity (Wildman–Crippen MR) is 72.3 cm³/mol. The Kier molecular flexibility index (Phi) is 4.75. The summed E-state index contributed by atoms with van der Waals surface area (Å²) in [5.74, 6) is 0.145. The van der Waals surface area contributed by atoms with Crippen molar-refractivity contribution in [3.05, 3.63) is 34.9 Å². The fraction of sp³-hybridized carbons (Fsp3) is 0.500. The van der Waals surface area contributed by atoms with E-state index in [0.29, 0.717) is 24.2 Å². The molecule has 0 amide bonds. The molecule has 1 heterocycles. The van der Waals surface area contributed by atoms with Crippen molar-refractivity contribution in [3.63, 3.8) is 0 Å². The molecule has 0 saturated carbocycles. The summed E-state index contributed by atoms with van der Waals surface area (Å²) in [7, 11) is 0. The highest BCUT2D eigenvalue weighted by atomic mass is 35.5. The Bertz CT molecular complexity index is 405. The maximum Gasteiger partial charge on any atom is 0.176 e. The van der Waals surface area contributed by atoms with Crippen LogP contribution in [0, 0.1) is 0 Å². The van der Waals surface area contributed by atoms with Crippen molar-refractivity contribution < 1.29 is 9.53 Å². The molecule has 18 heavy (non-hydrogen) atoms. The van der Waals surface area contributed by atoms with Crippen LogP contribution in [-0.2, 0) is 4.74 Å². The van der Waals surface area contributed by atoms with Crippen LogP contribution < -0.4 is 0 Å². The lowest BCUT2D eigenvalue weighted by atomic mass is 10.1. The number of carbonyl (C=O) groups excluding carboxylic acids is 1. The number of hydrogen-bond donors (Lipinski definition) is 0. The molecular weight excluding hydrogens is 250 g/mol. The molecule has 1 aliphatic rings. The molecule has 1 fully saturated rings. The maximum atomic E-state index is 12.2. The van der Waals surface area contributed by atoms with E-state index in [9.17, 15) is 4.79 Å². The van der Waals surface area contributed by atoms with Crippen molar-refractivity contribution >= 4 is 17.4 Å². The summed E-state index contributed by atoms with van der Waals surface area (Å²) in [5.41, 5.74) is 0.723. The molecule has 0 spiro atoms. The average Bonchev–Trinajstić information content (AvgIpc) is 2.40.